The van der Waals surface area contributed by atoms with Gasteiger partial charge in [0.05, 0.1) is 6.61 Å². The van der Waals surface area contributed by atoms with Gasteiger partial charge in [0.15, 0.2) is 0 Å². The van der Waals surface area contributed by atoms with E-state index in [1.807, 2.05) is 48.3 Å². The quantitative estimate of drug-likeness (QED) is 0.860. The monoisotopic (exact) mass is 382 g/mol. The highest BCUT2D eigenvalue weighted by Gasteiger charge is 2.25. The standard InChI is InChI=1S/C21H26N4O3/c1-3-28-21(27)25-13-10-16(11-14-25)23-20(26)19-15-18(9-12-22-19)24(2)17-7-5-4-6-8-17/h4-9,12,15-16H,3,10-11,13-14H2,1-2H3,(H,23,26). The highest BCUT2D eigenvalue weighted by Crippen LogP contribution is 2.23. The Morgan fingerprint density at radius 1 is 1.18 bits per heavy atom. The number of hydrogen-bond donors (Lipinski definition) is 1. The Kier molecular flexibility index (Phi) is 6.47. The molecule has 2 amide bonds. The molecule has 1 aromatic carbocycles. The number of carbonyl (C=O) groups is 2. The molecule has 0 bridgehead atoms. The smallest absolute Gasteiger partial charge is 0.409 e. The molecule has 1 aliphatic rings. The van der Waals surface area contributed by atoms with E-state index in [-0.39, 0.29) is 18.0 Å². The van der Waals surface area contributed by atoms with Gasteiger partial charge in [-0.3, -0.25) is 9.78 Å². The maximum absolute atomic E-state index is 12.6. The molecule has 1 aliphatic heterocycles. The van der Waals surface area contributed by atoms with Gasteiger partial charge in [-0.05, 0) is 44.0 Å². The highest BCUT2D eigenvalue weighted by atomic mass is 16.6. The lowest BCUT2D eigenvalue weighted by molar-refractivity contribution is 0.0856. The lowest BCUT2D eigenvalue weighted by Crippen LogP contribution is -2.46. The summed E-state index contributed by atoms with van der Waals surface area (Å²) in [5.41, 5.74) is 2.31. The van der Waals surface area contributed by atoms with Crippen molar-refractivity contribution in [3.05, 3.63) is 54.4 Å². The second kappa shape index (κ2) is 9.21. The van der Waals surface area contributed by atoms with E-state index in [0.717, 1.165) is 11.4 Å². The van der Waals surface area contributed by atoms with Crippen LogP contribution >= 0.6 is 0 Å². The number of piperidine rings is 1. The van der Waals surface area contributed by atoms with E-state index in [9.17, 15) is 9.59 Å². The van der Waals surface area contributed by atoms with E-state index in [1.165, 1.54) is 0 Å². The van der Waals surface area contributed by atoms with E-state index < -0.39 is 0 Å². The van der Waals surface area contributed by atoms with Crippen molar-refractivity contribution in [2.24, 2.45) is 0 Å². The number of likely N-dealkylation sites (tertiary alicyclic amines) is 1. The van der Waals surface area contributed by atoms with Crippen molar-refractivity contribution in [3.63, 3.8) is 0 Å². The highest BCUT2D eigenvalue weighted by molar-refractivity contribution is 5.93. The van der Waals surface area contributed by atoms with Crippen molar-refractivity contribution in [1.82, 2.24) is 15.2 Å². The molecular weight excluding hydrogens is 356 g/mol. The van der Waals surface area contributed by atoms with Crippen LogP contribution in [-0.4, -0.2) is 54.7 Å². The van der Waals surface area contributed by atoms with Crippen molar-refractivity contribution in [2.45, 2.75) is 25.8 Å². The fourth-order valence-corrected chi connectivity index (χ4v) is 3.23. The first-order valence-corrected chi connectivity index (χ1v) is 9.56. The number of nitrogens with zero attached hydrogens (tertiary/aromatic N) is 3. The van der Waals surface area contributed by atoms with Gasteiger partial charge in [-0.2, -0.15) is 0 Å². The van der Waals surface area contributed by atoms with Crippen LogP contribution in [0.4, 0.5) is 16.2 Å². The Balaban J connectivity index is 1.59. The van der Waals surface area contributed by atoms with Crippen LogP contribution < -0.4 is 10.2 Å². The zero-order chi connectivity index (χ0) is 19.9. The van der Waals surface area contributed by atoms with Gasteiger partial charge in [-0.15, -0.1) is 0 Å². The summed E-state index contributed by atoms with van der Waals surface area (Å²) in [6.07, 6.45) is 2.76. The second-order valence-corrected chi connectivity index (χ2v) is 6.73. The van der Waals surface area contributed by atoms with E-state index in [4.69, 9.17) is 4.74 Å². The molecule has 0 unspecified atom stereocenters. The number of ether oxygens (including phenoxy) is 1. The second-order valence-electron chi connectivity index (χ2n) is 6.73. The predicted octanol–water partition coefficient (Wildman–Crippen LogP) is 3.20. The molecule has 0 atom stereocenters. The number of nitrogens with one attached hydrogen (secondary N) is 1. The van der Waals surface area contributed by atoms with Gasteiger partial charge in [0.25, 0.3) is 5.91 Å². The average Bonchev–Trinajstić information content (AvgIpc) is 2.74. The molecule has 1 N–H and O–H groups in total. The number of anilines is 2. The summed E-state index contributed by atoms with van der Waals surface area (Å²) in [7, 11) is 1.96. The summed E-state index contributed by atoms with van der Waals surface area (Å²) in [5.74, 6) is -0.196. The SMILES string of the molecule is CCOC(=O)N1CCC(NC(=O)c2cc(N(C)c3ccccc3)ccn2)CC1. The van der Waals surface area contributed by atoms with Crippen LogP contribution in [0.3, 0.4) is 0 Å². The Labute approximate surface area is 165 Å². The molecule has 3 rings (SSSR count). The van der Waals surface area contributed by atoms with Crippen LogP contribution in [0.25, 0.3) is 0 Å². The molecule has 0 spiro atoms. The van der Waals surface area contributed by atoms with E-state index >= 15 is 0 Å². The van der Waals surface area contributed by atoms with Crippen molar-refractivity contribution >= 4 is 23.4 Å². The molecular formula is C21H26N4O3. The maximum Gasteiger partial charge on any atom is 0.409 e. The molecule has 148 valence electrons. The van der Waals surface area contributed by atoms with Gasteiger partial charge in [-0.1, -0.05) is 18.2 Å². The van der Waals surface area contributed by atoms with Crippen LogP contribution in [-0.2, 0) is 4.74 Å². The number of pyridine rings is 1. The molecule has 0 saturated carbocycles. The van der Waals surface area contributed by atoms with Crippen LogP contribution in [0.2, 0.25) is 0 Å². The Bertz CT molecular complexity index is 804. The van der Waals surface area contributed by atoms with Crippen LogP contribution in [0, 0.1) is 0 Å². The van der Waals surface area contributed by atoms with Crippen molar-refractivity contribution < 1.29 is 14.3 Å². The molecule has 7 heteroatoms. The van der Waals surface area contributed by atoms with Crippen molar-refractivity contribution in [3.8, 4) is 0 Å². The zero-order valence-corrected chi connectivity index (χ0v) is 16.3. The van der Waals surface area contributed by atoms with Gasteiger partial charge >= 0.3 is 6.09 Å². The van der Waals surface area contributed by atoms with Gasteiger partial charge in [0.1, 0.15) is 5.69 Å². The van der Waals surface area contributed by atoms with Crippen molar-refractivity contribution in [2.75, 3.05) is 31.6 Å². The normalized spacial score (nSPS) is 14.4. The van der Waals surface area contributed by atoms with E-state index in [1.54, 1.807) is 24.1 Å². The number of hydrogen-bond acceptors (Lipinski definition) is 5. The Morgan fingerprint density at radius 3 is 2.57 bits per heavy atom. The lowest BCUT2D eigenvalue weighted by atomic mass is 10.1. The summed E-state index contributed by atoms with van der Waals surface area (Å²) in [6.45, 7) is 3.32. The number of benzene rings is 1. The molecule has 7 nitrogen and oxygen atoms in total. The largest absolute Gasteiger partial charge is 0.450 e. The average molecular weight is 382 g/mol. The minimum atomic E-state index is -0.286. The van der Waals surface area contributed by atoms with Crippen LogP contribution in [0.1, 0.15) is 30.3 Å². The lowest BCUT2D eigenvalue weighted by Gasteiger charge is -2.31. The summed E-state index contributed by atoms with van der Waals surface area (Å²) < 4.78 is 5.02. The fourth-order valence-electron chi connectivity index (χ4n) is 3.23. The Hall–Kier alpha value is -3.09. The van der Waals surface area contributed by atoms with Crippen molar-refractivity contribution in [1.29, 1.82) is 0 Å². The minimum absolute atomic E-state index is 0.0236. The summed E-state index contributed by atoms with van der Waals surface area (Å²) in [4.78, 5) is 32.3. The maximum atomic E-state index is 12.6. The van der Waals surface area contributed by atoms with Gasteiger partial charge in [0, 0.05) is 43.8 Å². The summed E-state index contributed by atoms with van der Waals surface area (Å²) in [5, 5.41) is 3.03. The molecule has 1 saturated heterocycles. The van der Waals surface area contributed by atoms with Gasteiger partial charge in [-0.25, -0.2) is 4.79 Å². The number of amides is 2. The zero-order valence-electron chi connectivity index (χ0n) is 16.3. The molecule has 0 radical (unpaired) electrons. The molecule has 1 fully saturated rings. The Morgan fingerprint density at radius 2 is 1.89 bits per heavy atom. The number of para-hydroxylation sites is 1. The van der Waals surface area contributed by atoms with Crippen LogP contribution in [0.5, 0.6) is 0 Å². The van der Waals surface area contributed by atoms with Gasteiger partial charge in [0.2, 0.25) is 0 Å². The number of rotatable bonds is 5. The van der Waals surface area contributed by atoms with Crippen LogP contribution in [0.15, 0.2) is 48.7 Å². The number of carbonyl (C=O) groups excluding carboxylic acids is 2. The van der Waals surface area contributed by atoms with E-state index in [2.05, 4.69) is 10.3 Å². The molecule has 2 heterocycles. The predicted molar refractivity (Wildman–Crippen MR) is 108 cm³/mol. The third-order valence-corrected chi connectivity index (χ3v) is 4.86. The van der Waals surface area contributed by atoms with Gasteiger partial charge < -0.3 is 19.9 Å². The fraction of sp³-hybridized carbons (Fsp3) is 0.381. The third-order valence-electron chi connectivity index (χ3n) is 4.86. The molecule has 0 aliphatic carbocycles. The molecule has 28 heavy (non-hydrogen) atoms. The molecule has 2 aromatic rings. The minimum Gasteiger partial charge on any atom is -0.450 e. The topological polar surface area (TPSA) is 74.8 Å². The van der Waals surface area contributed by atoms with E-state index in [0.29, 0.717) is 38.2 Å². The first-order chi connectivity index (χ1) is 13.6. The summed E-state index contributed by atoms with van der Waals surface area (Å²) >= 11 is 0. The first kappa shape index (κ1) is 19.7. The third kappa shape index (κ3) is 4.79. The number of aromatic nitrogens is 1. The first-order valence-electron chi connectivity index (χ1n) is 9.56. The molecule has 1 aromatic heterocycles. The summed E-state index contributed by atoms with van der Waals surface area (Å²) in [6, 6.07) is 13.6.